The lowest BCUT2D eigenvalue weighted by Crippen LogP contribution is -2.59. The van der Waals surface area contributed by atoms with Crippen molar-refractivity contribution in [2.75, 3.05) is 6.54 Å². The molecule has 3 N–H and O–H groups in total. The van der Waals surface area contributed by atoms with E-state index in [1.165, 1.54) is 17.0 Å². The van der Waals surface area contributed by atoms with Crippen molar-refractivity contribution in [1.29, 1.82) is 0 Å². The van der Waals surface area contributed by atoms with E-state index >= 15 is 0 Å². The van der Waals surface area contributed by atoms with E-state index in [-0.39, 0.29) is 29.5 Å². The van der Waals surface area contributed by atoms with Gasteiger partial charge >= 0.3 is 6.09 Å². The highest BCUT2D eigenvalue weighted by molar-refractivity contribution is 7.91. The van der Waals surface area contributed by atoms with Crippen molar-refractivity contribution in [3.05, 3.63) is 89.8 Å². The number of hydroxylamine groups is 2. The van der Waals surface area contributed by atoms with Gasteiger partial charge in [0.15, 0.2) is 5.06 Å². The first-order valence-corrected chi connectivity index (χ1v) is 19.7. The molecule has 14 nitrogen and oxygen atoms in total. The summed E-state index contributed by atoms with van der Waals surface area (Å²) in [6.07, 6.45) is 0.381. The predicted octanol–water partition coefficient (Wildman–Crippen LogP) is 4.05. The Hall–Kier alpha value is -5.06. The largest absolute Gasteiger partial charge is 0.440 e. The smallest absolute Gasteiger partial charge is 0.398 e. The zero-order chi connectivity index (χ0) is 37.7. The van der Waals surface area contributed by atoms with Crippen molar-refractivity contribution in [2.24, 2.45) is 17.0 Å². The molecule has 2 heterocycles. The number of thiophene rings is 1. The first kappa shape index (κ1) is 36.3. The van der Waals surface area contributed by atoms with Crippen molar-refractivity contribution in [1.82, 2.24) is 20.0 Å². The highest BCUT2D eigenvalue weighted by Gasteiger charge is 2.62. The summed E-state index contributed by atoms with van der Waals surface area (Å²) in [5.74, 6) is -3.60. The number of carbonyl (C=O) groups excluding carboxylic acids is 4. The minimum atomic E-state index is -3.93. The normalized spacial score (nSPS) is 23.4. The van der Waals surface area contributed by atoms with Crippen LogP contribution in [0.25, 0.3) is 11.1 Å². The quantitative estimate of drug-likeness (QED) is 0.109. The zero-order valence-corrected chi connectivity index (χ0v) is 30.6. The van der Waals surface area contributed by atoms with E-state index in [1.54, 1.807) is 25.3 Å². The van der Waals surface area contributed by atoms with E-state index in [2.05, 4.69) is 21.8 Å². The summed E-state index contributed by atoms with van der Waals surface area (Å²) in [7, 11) is -3.93. The number of hydrogen-bond acceptors (Lipinski definition) is 11. The second-order valence-corrected chi connectivity index (χ2v) is 16.9. The zero-order valence-electron chi connectivity index (χ0n) is 29.0. The summed E-state index contributed by atoms with van der Waals surface area (Å²) in [4.78, 5) is 62.3. The first-order chi connectivity index (χ1) is 25.3. The Morgan fingerprint density at radius 3 is 2.23 bits per heavy atom. The Morgan fingerprint density at radius 2 is 1.68 bits per heavy atom. The molecule has 16 heteroatoms. The van der Waals surface area contributed by atoms with Crippen LogP contribution in [0.5, 0.6) is 5.06 Å². The second-order valence-electron chi connectivity index (χ2n) is 14.0. The van der Waals surface area contributed by atoms with Gasteiger partial charge in [-0.25, -0.2) is 13.2 Å². The molecular formula is C37H39N5O9S2. The first-order valence-electron chi connectivity index (χ1n) is 17.3. The van der Waals surface area contributed by atoms with Gasteiger partial charge in [-0.05, 0) is 53.8 Å². The summed E-state index contributed by atoms with van der Waals surface area (Å²) in [6.45, 7) is 6.84. The number of hydrogen-bond donors (Lipinski definition) is 3. The highest BCUT2D eigenvalue weighted by atomic mass is 32.2. The molecule has 1 aromatic heterocycles. The van der Waals surface area contributed by atoms with Crippen molar-refractivity contribution < 1.29 is 42.4 Å². The van der Waals surface area contributed by atoms with Gasteiger partial charge in [0.05, 0.1) is 11.8 Å². The number of amides is 4. The second kappa shape index (κ2) is 14.1. The lowest BCUT2D eigenvalue weighted by atomic mass is 10.0. The van der Waals surface area contributed by atoms with Gasteiger partial charge in [0, 0.05) is 23.5 Å². The summed E-state index contributed by atoms with van der Waals surface area (Å²) in [5, 5.41) is 19.7. The van der Waals surface area contributed by atoms with Crippen molar-refractivity contribution in [3.63, 3.8) is 0 Å². The van der Waals surface area contributed by atoms with Gasteiger partial charge in [-0.2, -0.15) is 5.06 Å². The molecule has 4 amide bonds. The molecular weight excluding hydrogens is 723 g/mol. The molecule has 2 aromatic carbocycles. The van der Waals surface area contributed by atoms with Crippen LogP contribution in [-0.2, 0) is 29.2 Å². The van der Waals surface area contributed by atoms with Crippen LogP contribution in [0, 0.1) is 11.8 Å². The molecule has 1 saturated heterocycles. The number of ether oxygens (including phenoxy) is 1. The Labute approximate surface area is 310 Å². The fourth-order valence-electron chi connectivity index (χ4n) is 7.01. The van der Waals surface area contributed by atoms with Crippen LogP contribution in [0.1, 0.15) is 50.7 Å². The van der Waals surface area contributed by atoms with Crippen molar-refractivity contribution in [3.8, 4) is 16.2 Å². The van der Waals surface area contributed by atoms with E-state index in [1.807, 2.05) is 48.5 Å². The maximum atomic E-state index is 14.4. The van der Waals surface area contributed by atoms with Crippen LogP contribution < -0.4 is 14.8 Å². The molecule has 1 aliphatic heterocycles. The monoisotopic (exact) mass is 761 g/mol. The number of nitrogens with zero attached hydrogens (tertiary/aromatic N) is 3. The summed E-state index contributed by atoms with van der Waals surface area (Å²) in [6, 6.07) is 15.9. The number of oxime groups is 1. The van der Waals surface area contributed by atoms with E-state index in [4.69, 9.17) is 9.57 Å². The van der Waals surface area contributed by atoms with Crippen LogP contribution in [0.15, 0.2) is 83.9 Å². The molecule has 3 fully saturated rings. The van der Waals surface area contributed by atoms with Gasteiger partial charge in [-0.15, -0.1) is 17.9 Å². The predicted molar refractivity (Wildman–Crippen MR) is 194 cm³/mol. The molecule has 2 saturated carbocycles. The van der Waals surface area contributed by atoms with E-state index < -0.39 is 74.7 Å². The highest BCUT2D eigenvalue weighted by Crippen LogP contribution is 2.45. The summed E-state index contributed by atoms with van der Waals surface area (Å²) >= 11 is 1.12. The molecule has 4 aliphatic rings. The number of carbonyl (C=O) groups is 4. The summed E-state index contributed by atoms with van der Waals surface area (Å²) in [5.41, 5.74) is 2.66. The third-order valence-corrected chi connectivity index (χ3v) is 12.6. The van der Waals surface area contributed by atoms with Crippen LogP contribution in [0.4, 0.5) is 4.79 Å². The van der Waals surface area contributed by atoms with Crippen LogP contribution in [0.3, 0.4) is 0 Å². The van der Waals surface area contributed by atoms with E-state index in [0.29, 0.717) is 18.6 Å². The number of sulfonamides is 1. The summed E-state index contributed by atoms with van der Waals surface area (Å²) < 4.78 is 32.7. The standard InChI is InChI=1S/C37H39N5O9S2/c1-4-22-19-37(22,35(45)40-53(48,49)24-15-16-24)38-33(43)29-18-23(51-39-31-27-12-7-5-10-25(27)26-11-6-8-13-28(26)31)20-41(29)34(44)32(21(2)3)42(47)36(46)50-30-14-9-17-52-30/h4-14,17,21-24,29,32,47H,1,15-16,18-20H2,2-3H3,(H,38,43)(H,40,45)/t22-,23-,29+,32-,37+/m1/s1. The molecule has 0 bridgehead atoms. The average molecular weight is 762 g/mol. The maximum Gasteiger partial charge on any atom is 0.440 e. The minimum Gasteiger partial charge on any atom is -0.398 e. The van der Waals surface area contributed by atoms with Gasteiger partial charge in [0.1, 0.15) is 29.4 Å². The SMILES string of the molecule is C=C[C@@H]1C[C@@]1(NC(=O)[C@@H]1C[C@@H](ON=C2c3ccccc3-c3ccccc32)CN1C(=O)[C@@H](C(C)C)N(O)C(=O)Oc1cccs1)C(=O)NS(=O)(=O)C1CC1. The number of benzene rings is 2. The van der Waals surface area contributed by atoms with Gasteiger partial charge in [-0.3, -0.25) is 24.3 Å². The fourth-order valence-corrected chi connectivity index (χ4v) is 8.95. The fraction of sp³-hybridized carbons (Fsp3) is 0.378. The lowest BCUT2D eigenvalue weighted by Gasteiger charge is -2.33. The third kappa shape index (κ3) is 6.93. The maximum absolute atomic E-state index is 14.4. The van der Waals surface area contributed by atoms with Crippen LogP contribution in [0.2, 0.25) is 0 Å². The molecule has 0 radical (unpaired) electrons. The Bertz CT molecular complexity index is 2050. The molecule has 3 aromatic rings. The molecule has 53 heavy (non-hydrogen) atoms. The van der Waals surface area contributed by atoms with Gasteiger partial charge in [0.25, 0.3) is 5.91 Å². The number of fused-ring (bicyclic) bond motifs is 3. The van der Waals surface area contributed by atoms with Crippen molar-refractivity contribution in [2.45, 2.75) is 68.5 Å². The molecule has 3 aliphatic carbocycles. The molecule has 278 valence electrons. The average Bonchev–Trinajstić information content (AvgIpc) is 3.97. The molecule has 7 rings (SSSR count). The molecule has 0 unspecified atom stereocenters. The number of nitrogens with one attached hydrogen (secondary N) is 2. The minimum absolute atomic E-state index is 0.0651. The topological polar surface area (TPSA) is 184 Å². The Morgan fingerprint density at radius 1 is 1.04 bits per heavy atom. The van der Waals surface area contributed by atoms with E-state index in [0.717, 1.165) is 33.6 Å². The number of likely N-dealkylation sites (tertiary alicyclic amines) is 1. The van der Waals surface area contributed by atoms with Crippen LogP contribution >= 0.6 is 11.3 Å². The van der Waals surface area contributed by atoms with Gasteiger partial charge in [-0.1, -0.05) is 73.6 Å². The number of rotatable bonds is 12. The lowest BCUT2D eigenvalue weighted by molar-refractivity contribution is -0.160. The Kier molecular flexibility index (Phi) is 9.63. The van der Waals surface area contributed by atoms with Crippen molar-refractivity contribution >= 4 is 50.9 Å². The van der Waals surface area contributed by atoms with Crippen LogP contribution in [-0.4, -0.2) is 88.6 Å². The Balaban J connectivity index is 1.16. The third-order valence-electron chi connectivity index (χ3n) is 10.1. The van der Waals surface area contributed by atoms with Gasteiger partial charge in [0.2, 0.25) is 21.8 Å². The molecule has 5 atom stereocenters. The molecule has 0 spiro atoms. The van der Waals surface area contributed by atoms with E-state index in [9.17, 15) is 32.8 Å². The van der Waals surface area contributed by atoms with Gasteiger partial charge < -0.3 is 19.8 Å².